The molecule has 1 N–H and O–H groups in total. The van der Waals surface area contributed by atoms with Gasteiger partial charge in [-0.1, -0.05) is 61.5 Å². The molecule has 2 heteroatoms. The van der Waals surface area contributed by atoms with Crippen molar-refractivity contribution in [3.8, 4) is 11.1 Å². The quantitative estimate of drug-likeness (QED) is 0.869. The lowest BCUT2D eigenvalue weighted by Gasteiger charge is -2.05. The molecule has 19 heavy (non-hydrogen) atoms. The van der Waals surface area contributed by atoms with Crippen LogP contribution >= 0.6 is 0 Å². The predicted octanol–water partition coefficient (Wildman–Crippen LogP) is 3.42. The van der Waals surface area contributed by atoms with Crippen LogP contribution in [0.25, 0.3) is 11.1 Å². The Morgan fingerprint density at radius 2 is 1.58 bits per heavy atom. The van der Waals surface area contributed by atoms with Gasteiger partial charge >= 0.3 is 0 Å². The van der Waals surface area contributed by atoms with E-state index in [9.17, 15) is 4.79 Å². The van der Waals surface area contributed by atoms with Crippen LogP contribution in [-0.4, -0.2) is 12.5 Å². The number of hydrogen-bond donors (Lipinski definition) is 1. The average Bonchev–Trinajstić information content (AvgIpc) is 2.47. The second-order valence-corrected chi connectivity index (χ2v) is 4.59. The van der Waals surface area contributed by atoms with Gasteiger partial charge in [0, 0.05) is 6.54 Å². The molecule has 0 aliphatic rings. The smallest absolute Gasteiger partial charge is 0.224 e. The van der Waals surface area contributed by atoms with Crippen LogP contribution in [0.15, 0.2) is 54.6 Å². The fourth-order valence-corrected chi connectivity index (χ4v) is 1.96. The Morgan fingerprint density at radius 3 is 2.21 bits per heavy atom. The molecule has 0 aliphatic carbocycles. The fourth-order valence-electron chi connectivity index (χ4n) is 1.96. The van der Waals surface area contributed by atoms with Crippen LogP contribution < -0.4 is 5.32 Å². The third-order valence-corrected chi connectivity index (χ3v) is 3.00. The second kappa shape index (κ2) is 6.74. The van der Waals surface area contributed by atoms with Crippen molar-refractivity contribution in [3.63, 3.8) is 0 Å². The molecule has 98 valence electrons. The summed E-state index contributed by atoms with van der Waals surface area (Å²) in [6, 6.07) is 18.4. The number of carbonyl (C=O) groups excluding carboxylic acids is 1. The highest BCUT2D eigenvalue weighted by Crippen LogP contribution is 2.19. The van der Waals surface area contributed by atoms with E-state index in [-0.39, 0.29) is 5.91 Å². The van der Waals surface area contributed by atoms with Gasteiger partial charge in [-0.25, -0.2) is 0 Å². The molecule has 0 saturated carbocycles. The van der Waals surface area contributed by atoms with E-state index in [0.29, 0.717) is 6.42 Å². The molecule has 2 aromatic rings. The van der Waals surface area contributed by atoms with E-state index in [4.69, 9.17) is 0 Å². The molecule has 2 rings (SSSR count). The maximum atomic E-state index is 11.6. The van der Waals surface area contributed by atoms with Crippen LogP contribution in [0.4, 0.5) is 0 Å². The fraction of sp³-hybridized carbons (Fsp3) is 0.235. The van der Waals surface area contributed by atoms with Gasteiger partial charge in [-0.2, -0.15) is 0 Å². The van der Waals surface area contributed by atoms with Crippen molar-refractivity contribution in [1.29, 1.82) is 0 Å². The van der Waals surface area contributed by atoms with Crippen LogP contribution in [0.2, 0.25) is 0 Å². The van der Waals surface area contributed by atoms with Gasteiger partial charge < -0.3 is 5.32 Å². The number of benzene rings is 2. The van der Waals surface area contributed by atoms with Crippen molar-refractivity contribution in [2.45, 2.75) is 19.8 Å². The summed E-state index contributed by atoms with van der Waals surface area (Å²) < 4.78 is 0. The summed E-state index contributed by atoms with van der Waals surface area (Å²) in [6.07, 6.45) is 1.42. The SMILES string of the molecule is CCCNC(=O)Cc1ccc(-c2ccccc2)cc1. The summed E-state index contributed by atoms with van der Waals surface area (Å²) in [7, 11) is 0. The first kappa shape index (κ1) is 13.3. The van der Waals surface area contributed by atoms with Gasteiger partial charge in [-0.3, -0.25) is 4.79 Å². The molecule has 0 spiro atoms. The summed E-state index contributed by atoms with van der Waals surface area (Å²) in [4.78, 5) is 11.6. The normalized spacial score (nSPS) is 10.2. The zero-order valence-electron chi connectivity index (χ0n) is 11.2. The standard InChI is InChI=1S/C17H19NO/c1-2-12-18-17(19)13-14-8-10-16(11-9-14)15-6-4-3-5-7-15/h3-11H,2,12-13H2,1H3,(H,18,19). The van der Waals surface area contributed by atoms with E-state index in [1.165, 1.54) is 11.1 Å². The summed E-state index contributed by atoms with van der Waals surface area (Å²) in [5, 5.41) is 2.89. The maximum Gasteiger partial charge on any atom is 0.224 e. The molecule has 1 amide bonds. The molecule has 0 saturated heterocycles. The van der Waals surface area contributed by atoms with Gasteiger partial charge in [0.05, 0.1) is 6.42 Å². The van der Waals surface area contributed by atoms with Crippen molar-refractivity contribution < 1.29 is 4.79 Å². The third kappa shape index (κ3) is 3.95. The zero-order valence-corrected chi connectivity index (χ0v) is 11.2. The Balaban J connectivity index is 2.01. The lowest BCUT2D eigenvalue weighted by Crippen LogP contribution is -2.25. The summed E-state index contributed by atoms with van der Waals surface area (Å²) in [5.74, 6) is 0.0920. The van der Waals surface area contributed by atoms with Crippen molar-refractivity contribution in [2.24, 2.45) is 0 Å². The molecule has 0 aliphatic heterocycles. The van der Waals surface area contributed by atoms with E-state index < -0.39 is 0 Å². The average molecular weight is 253 g/mol. The van der Waals surface area contributed by atoms with Crippen LogP contribution in [0.1, 0.15) is 18.9 Å². The number of amides is 1. The van der Waals surface area contributed by atoms with Crippen molar-refractivity contribution in [1.82, 2.24) is 5.32 Å². The minimum atomic E-state index is 0.0920. The number of carbonyl (C=O) groups is 1. The lowest BCUT2D eigenvalue weighted by atomic mass is 10.0. The van der Waals surface area contributed by atoms with Gasteiger partial charge in [0.1, 0.15) is 0 Å². The monoisotopic (exact) mass is 253 g/mol. The van der Waals surface area contributed by atoms with Crippen LogP contribution in [-0.2, 0) is 11.2 Å². The van der Waals surface area contributed by atoms with Crippen molar-refractivity contribution >= 4 is 5.91 Å². The minimum Gasteiger partial charge on any atom is -0.356 e. The Bertz CT molecular complexity index is 517. The van der Waals surface area contributed by atoms with Crippen molar-refractivity contribution in [3.05, 3.63) is 60.2 Å². The molecule has 0 heterocycles. The van der Waals surface area contributed by atoms with Crippen LogP contribution in [0.5, 0.6) is 0 Å². The van der Waals surface area contributed by atoms with Gasteiger partial charge in [0.25, 0.3) is 0 Å². The zero-order chi connectivity index (χ0) is 13.5. The topological polar surface area (TPSA) is 29.1 Å². The maximum absolute atomic E-state index is 11.6. The van der Waals surface area contributed by atoms with Gasteiger partial charge in [-0.15, -0.1) is 0 Å². The lowest BCUT2D eigenvalue weighted by molar-refractivity contribution is -0.120. The number of nitrogens with one attached hydrogen (secondary N) is 1. The van der Waals surface area contributed by atoms with E-state index >= 15 is 0 Å². The Labute approximate surface area is 114 Å². The molecule has 0 atom stereocenters. The van der Waals surface area contributed by atoms with Crippen LogP contribution in [0, 0.1) is 0 Å². The molecule has 0 aromatic heterocycles. The highest BCUT2D eigenvalue weighted by molar-refractivity contribution is 5.78. The molecule has 2 nitrogen and oxygen atoms in total. The first-order valence-electron chi connectivity index (χ1n) is 6.70. The first-order chi connectivity index (χ1) is 9.29. The summed E-state index contributed by atoms with van der Waals surface area (Å²) in [5.41, 5.74) is 3.43. The Hall–Kier alpha value is -2.09. The minimum absolute atomic E-state index is 0.0920. The molecular weight excluding hydrogens is 234 g/mol. The molecule has 0 bridgehead atoms. The van der Waals surface area contributed by atoms with Crippen molar-refractivity contribution in [2.75, 3.05) is 6.54 Å². The van der Waals surface area contributed by atoms with E-state index in [1.807, 2.05) is 30.3 Å². The summed E-state index contributed by atoms with van der Waals surface area (Å²) in [6.45, 7) is 2.80. The first-order valence-corrected chi connectivity index (χ1v) is 6.70. The van der Waals surface area contributed by atoms with E-state index in [1.54, 1.807) is 0 Å². The molecule has 0 unspecified atom stereocenters. The molecule has 2 aromatic carbocycles. The molecule has 0 fully saturated rings. The van der Waals surface area contributed by atoms with Gasteiger partial charge in [0.15, 0.2) is 0 Å². The predicted molar refractivity (Wildman–Crippen MR) is 78.9 cm³/mol. The Morgan fingerprint density at radius 1 is 0.947 bits per heavy atom. The highest BCUT2D eigenvalue weighted by Gasteiger charge is 2.03. The summed E-state index contributed by atoms with van der Waals surface area (Å²) >= 11 is 0. The third-order valence-electron chi connectivity index (χ3n) is 3.00. The van der Waals surface area contributed by atoms with Crippen LogP contribution in [0.3, 0.4) is 0 Å². The largest absolute Gasteiger partial charge is 0.356 e. The van der Waals surface area contributed by atoms with E-state index in [2.05, 4.69) is 36.5 Å². The molecular formula is C17H19NO. The number of hydrogen-bond acceptors (Lipinski definition) is 1. The Kier molecular flexibility index (Phi) is 4.73. The van der Waals surface area contributed by atoms with Gasteiger partial charge in [0.2, 0.25) is 5.91 Å². The number of rotatable bonds is 5. The second-order valence-electron chi connectivity index (χ2n) is 4.59. The van der Waals surface area contributed by atoms with E-state index in [0.717, 1.165) is 18.5 Å². The molecule has 0 radical (unpaired) electrons. The highest BCUT2D eigenvalue weighted by atomic mass is 16.1. The van der Waals surface area contributed by atoms with Gasteiger partial charge in [-0.05, 0) is 23.1 Å².